The second-order valence-electron chi connectivity index (χ2n) is 7.52. The van der Waals surface area contributed by atoms with Crippen LogP contribution in [0.5, 0.6) is 17.2 Å². The maximum atomic E-state index is 13.7. The van der Waals surface area contributed by atoms with Crippen molar-refractivity contribution in [2.24, 2.45) is 0 Å². The lowest BCUT2D eigenvalue weighted by molar-refractivity contribution is -0.384. The maximum absolute atomic E-state index is 13.7. The van der Waals surface area contributed by atoms with Crippen LogP contribution in [0.1, 0.15) is 11.1 Å². The molecule has 0 spiro atoms. The monoisotopic (exact) mass is 493 g/mol. The van der Waals surface area contributed by atoms with Crippen LogP contribution in [0.4, 0.5) is 5.69 Å². The van der Waals surface area contributed by atoms with Crippen molar-refractivity contribution < 1.29 is 19.1 Å². The second-order valence-corrected chi connectivity index (χ2v) is 8.47. The van der Waals surface area contributed by atoms with E-state index >= 15 is 0 Å². The van der Waals surface area contributed by atoms with Crippen molar-refractivity contribution in [1.82, 2.24) is 9.55 Å². The lowest BCUT2D eigenvalue weighted by Gasteiger charge is -2.17. The first kappa shape index (κ1) is 24.1. The highest BCUT2D eigenvalue weighted by atomic mass is 32.2. The molecule has 0 unspecified atom stereocenters. The van der Waals surface area contributed by atoms with E-state index < -0.39 is 4.92 Å². The van der Waals surface area contributed by atoms with Crippen molar-refractivity contribution in [2.45, 2.75) is 17.5 Å². The van der Waals surface area contributed by atoms with Gasteiger partial charge in [0.2, 0.25) is 5.75 Å². The van der Waals surface area contributed by atoms with Crippen LogP contribution in [-0.4, -0.2) is 35.8 Å². The molecule has 0 radical (unpaired) electrons. The fraction of sp³-hybridized carbons (Fsp3) is 0.200. The van der Waals surface area contributed by atoms with Crippen molar-refractivity contribution in [3.63, 3.8) is 0 Å². The number of hydrogen-bond donors (Lipinski definition) is 0. The first-order valence-electron chi connectivity index (χ1n) is 10.6. The Bertz CT molecular complexity index is 1420. The Hall–Kier alpha value is -4.05. The molecule has 0 N–H and O–H groups in total. The molecule has 1 heterocycles. The van der Waals surface area contributed by atoms with Crippen LogP contribution in [0.15, 0.2) is 70.6 Å². The molecule has 0 aliphatic carbocycles. The fourth-order valence-electron chi connectivity index (χ4n) is 3.68. The molecule has 0 saturated carbocycles. The molecule has 180 valence electrons. The van der Waals surface area contributed by atoms with E-state index in [1.165, 1.54) is 45.2 Å². The molecule has 35 heavy (non-hydrogen) atoms. The summed E-state index contributed by atoms with van der Waals surface area (Å²) in [6.45, 7) is 0.321. The minimum atomic E-state index is -0.437. The van der Waals surface area contributed by atoms with Gasteiger partial charge in [-0.3, -0.25) is 19.5 Å². The first-order chi connectivity index (χ1) is 17.0. The molecule has 0 atom stereocenters. The normalized spacial score (nSPS) is 10.8. The standard InChI is InChI=1S/C25H23N3O6S/c1-32-20-13-19-21(23(34-3)22(20)33-2)26-25(27(24(19)29)14-16-7-5-4-6-8-16)35-15-17-9-11-18(12-10-17)28(30)31/h4-13H,14-15H2,1-3H3. The quantitative estimate of drug-likeness (QED) is 0.143. The van der Waals surface area contributed by atoms with Crippen molar-refractivity contribution in [2.75, 3.05) is 21.3 Å². The van der Waals surface area contributed by atoms with Crippen LogP contribution in [0.2, 0.25) is 0 Å². The van der Waals surface area contributed by atoms with Gasteiger partial charge in [0, 0.05) is 17.9 Å². The van der Waals surface area contributed by atoms with Crippen LogP contribution in [0, 0.1) is 10.1 Å². The number of nitrogens with zero attached hydrogens (tertiary/aromatic N) is 3. The van der Waals surface area contributed by atoms with Crippen molar-refractivity contribution >= 4 is 28.4 Å². The predicted octanol–water partition coefficient (Wildman–Crippen LogP) is 4.67. The summed E-state index contributed by atoms with van der Waals surface area (Å²) < 4.78 is 18.1. The van der Waals surface area contributed by atoms with Gasteiger partial charge >= 0.3 is 0 Å². The molecule has 9 nitrogen and oxygen atoms in total. The number of nitro benzene ring substituents is 1. The van der Waals surface area contributed by atoms with Gasteiger partial charge in [0.15, 0.2) is 16.7 Å². The molecule has 3 aromatic carbocycles. The third-order valence-corrected chi connectivity index (χ3v) is 6.46. The third-order valence-electron chi connectivity index (χ3n) is 5.42. The summed E-state index contributed by atoms with van der Waals surface area (Å²) in [6.07, 6.45) is 0. The van der Waals surface area contributed by atoms with Crippen molar-refractivity contribution in [3.05, 3.63) is 92.3 Å². The smallest absolute Gasteiger partial charge is 0.269 e. The average Bonchev–Trinajstić information content (AvgIpc) is 2.89. The molecule has 10 heteroatoms. The van der Waals surface area contributed by atoms with Gasteiger partial charge in [-0.2, -0.15) is 0 Å². The largest absolute Gasteiger partial charge is 0.493 e. The summed E-state index contributed by atoms with van der Waals surface area (Å²) in [5.74, 6) is 1.48. The summed E-state index contributed by atoms with van der Waals surface area (Å²) in [4.78, 5) is 29.0. The zero-order valence-corrected chi connectivity index (χ0v) is 20.2. The highest BCUT2D eigenvalue weighted by molar-refractivity contribution is 7.98. The summed E-state index contributed by atoms with van der Waals surface area (Å²) in [5, 5.41) is 11.8. The molecule has 4 rings (SSSR count). The van der Waals surface area contributed by atoms with Gasteiger partial charge in [-0.05, 0) is 17.2 Å². The molecule has 0 aliphatic rings. The van der Waals surface area contributed by atoms with E-state index in [1.807, 2.05) is 30.3 Å². The fourth-order valence-corrected chi connectivity index (χ4v) is 4.63. The molecule has 0 saturated heterocycles. The number of aromatic nitrogens is 2. The van der Waals surface area contributed by atoms with Gasteiger partial charge in [0.05, 0.1) is 38.2 Å². The number of rotatable bonds is 9. The van der Waals surface area contributed by atoms with E-state index in [-0.39, 0.29) is 11.2 Å². The van der Waals surface area contributed by atoms with Crippen molar-refractivity contribution in [3.8, 4) is 17.2 Å². The summed E-state index contributed by atoms with van der Waals surface area (Å²) in [6, 6.07) is 17.5. The first-order valence-corrected chi connectivity index (χ1v) is 11.6. The minimum absolute atomic E-state index is 0.0225. The van der Waals surface area contributed by atoms with Gasteiger partial charge in [-0.15, -0.1) is 0 Å². The highest BCUT2D eigenvalue weighted by Crippen LogP contribution is 2.42. The third kappa shape index (κ3) is 4.92. The Kier molecular flexibility index (Phi) is 7.21. The minimum Gasteiger partial charge on any atom is -0.493 e. The Labute approximate surface area is 205 Å². The summed E-state index contributed by atoms with van der Waals surface area (Å²) in [5.41, 5.74) is 1.95. The predicted molar refractivity (Wildman–Crippen MR) is 134 cm³/mol. The molecule has 1 aromatic heterocycles. The van der Waals surface area contributed by atoms with E-state index in [2.05, 4.69) is 0 Å². The summed E-state index contributed by atoms with van der Waals surface area (Å²) >= 11 is 1.36. The molecular weight excluding hydrogens is 470 g/mol. The molecule has 0 bridgehead atoms. The lowest BCUT2D eigenvalue weighted by atomic mass is 10.2. The van der Waals surface area contributed by atoms with Gasteiger partial charge < -0.3 is 14.2 Å². The van der Waals surface area contributed by atoms with Gasteiger partial charge in [-0.1, -0.05) is 54.2 Å². The van der Waals surface area contributed by atoms with E-state index in [4.69, 9.17) is 19.2 Å². The van der Waals surface area contributed by atoms with Gasteiger partial charge in [-0.25, -0.2) is 4.98 Å². The van der Waals surface area contributed by atoms with Crippen LogP contribution in [0.25, 0.3) is 10.9 Å². The molecule has 4 aromatic rings. The van der Waals surface area contributed by atoms with E-state index in [1.54, 1.807) is 22.8 Å². The van der Waals surface area contributed by atoms with E-state index in [0.717, 1.165) is 11.1 Å². The van der Waals surface area contributed by atoms with E-state index in [9.17, 15) is 14.9 Å². The Morgan fingerprint density at radius 2 is 1.63 bits per heavy atom. The number of fused-ring (bicyclic) bond motifs is 1. The molecular formula is C25H23N3O6S. The molecule has 0 amide bonds. The number of benzene rings is 3. The second kappa shape index (κ2) is 10.5. The van der Waals surface area contributed by atoms with Gasteiger partial charge in [0.1, 0.15) is 5.52 Å². The zero-order chi connectivity index (χ0) is 24.9. The Balaban J connectivity index is 1.84. The number of methoxy groups -OCH3 is 3. The summed E-state index contributed by atoms with van der Waals surface area (Å²) in [7, 11) is 4.47. The van der Waals surface area contributed by atoms with Crippen LogP contribution >= 0.6 is 11.8 Å². The van der Waals surface area contributed by atoms with Crippen LogP contribution in [-0.2, 0) is 12.3 Å². The topological polar surface area (TPSA) is 106 Å². The Morgan fingerprint density at radius 3 is 2.23 bits per heavy atom. The maximum Gasteiger partial charge on any atom is 0.269 e. The molecule has 0 fully saturated rings. The number of hydrogen-bond acceptors (Lipinski definition) is 8. The zero-order valence-electron chi connectivity index (χ0n) is 19.4. The number of thioether (sulfide) groups is 1. The number of ether oxygens (including phenoxy) is 3. The van der Waals surface area contributed by atoms with Gasteiger partial charge in [0.25, 0.3) is 11.2 Å². The van der Waals surface area contributed by atoms with Crippen LogP contribution in [0.3, 0.4) is 0 Å². The van der Waals surface area contributed by atoms with Crippen molar-refractivity contribution in [1.29, 1.82) is 0 Å². The lowest BCUT2D eigenvalue weighted by Crippen LogP contribution is -2.24. The Morgan fingerprint density at radius 1 is 0.943 bits per heavy atom. The number of non-ortho nitro benzene ring substituents is 1. The SMILES string of the molecule is COc1cc2c(=O)n(Cc3ccccc3)c(SCc3ccc([N+](=O)[O-])cc3)nc2c(OC)c1OC. The van der Waals surface area contributed by atoms with Crippen LogP contribution < -0.4 is 19.8 Å². The average molecular weight is 494 g/mol. The highest BCUT2D eigenvalue weighted by Gasteiger charge is 2.22. The van der Waals surface area contributed by atoms with E-state index in [0.29, 0.717) is 45.6 Å². The molecule has 0 aliphatic heterocycles. The number of nitro groups is 1.